The van der Waals surface area contributed by atoms with Crippen LogP contribution in [0.3, 0.4) is 0 Å². The van der Waals surface area contributed by atoms with Crippen LogP contribution < -0.4 is 21.5 Å². The van der Waals surface area contributed by atoms with E-state index in [1.807, 2.05) is 13.8 Å². The number of furan rings is 1. The number of nitrogens with two attached hydrogens (primary N) is 2. The highest BCUT2D eigenvalue weighted by atomic mass is 35.5. The predicted octanol–water partition coefficient (Wildman–Crippen LogP) is 4.23. The molecule has 1 aliphatic heterocycles. The first-order valence-electron chi connectivity index (χ1n) is 15.7. The van der Waals surface area contributed by atoms with Crippen LogP contribution in [0.25, 0.3) is 0 Å². The summed E-state index contributed by atoms with van der Waals surface area (Å²) >= 11 is 13.0. The van der Waals surface area contributed by atoms with Gasteiger partial charge in [-0.25, -0.2) is 4.99 Å². The van der Waals surface area contributed by atoms with Crippen molar-refractivity contribution in [2.75, 3.05) is 19.6 Å². The van der Waals surface area contributed by atoms with Crippen LogP contribution in [0, 0.1) is 5.92 Å². The second-order valence-corrected chi connectivity index (χ2v) is 12.7. The van der Waals surface area contributed by atoms with Gasteiger partial charge in [-0.2, -0.15) is 5.10 Å². The first-order valence-corrected chi connectivity index (χ1v) is 16.5. The number of aliphatic imine (C=N–C) groups is 1. The number of nitrogens with one attached hydrogen (secondary N) is 1. The van der Waals surface area contributed by atoms with E-state index in [4.69, 9.17) is 43.8 Å². The summed E-state index contributed by atoms with van der Waals surface area (Å²) in [6.07, 6.45) is 2.65. The Hall–Kier alpha value is -4.36. The standard InChI is InChI=1S/C33H41Cl2N7O6/c1-5-18(2)14-24(39-33(36)37)32(46)38-16-28(44)42-12-10-20(11-13-42)25-15-23(40-41(25)4)31(45)22-7-9-27(30(35)29(22)34)47-17-21-6-8-26(48-21)19(3)43/h6-9,15,18,20,24H,5,10-14,16-17H2,1-4H3,(H,38,46)(H4,36,37,39)/t18?,24-/m1/s1. The highest BCUT2D eigenvalue weighted by molar-refractivity contribution is 6.45. The summed E-state index contributed by atoms with van der Waals surface area (Å²) in [6.45, 7) is 6.26. The quantitative estimate of drug-likeness (QED) is 0.125. The summed E-state index contributed by atoms with van der Waals surface area (Å²) in [7, 11) is 1.77. The lowest BCUT2D eigenvalue weighted by molar-refractivity contribution is -0.134. The summed E-state index contributed by atoms with van der Waals surface area (Å²) in [5.74, 6) is -0.155. The summed E-state index contributed by atoms with van der Waals surface area (Å²) in [4.78, 5) is 56.3. The van der Waals surface area contributed by atoms with E-state index in [1.165, 1.54) is 13.0 Å². The average Bonchev–Trinajstić information content (AvgIpc) is 3.70. The van der Waals surface area contributed by atoms with Crippen molar-refractivity contribution in [2.45, 2.75) is 65.0 Å². The molecule has 1 saturated heterocycles. The molecule has 4 rings (SSSR count). The first-order chi connectivity index (χ1) is 22.8. The Morgan fingerprint density at radius 2 is 1.83 bits per heavy atom. The average molecular weight is 703 g/mol. The van der Waals surface area contributed by atoms with Gasteiger partial charge in [0.05, 0.1) is 11.6 Å². The number of rotatable bonds is 14. The SMILES string of the molecule is CCC(C)C[C@@H](N=C(N)N)C(=O)NCC(=O)N1CCC(c2cc(C(=O)c3ccc(OCc4ccc(C(C)=O)o4)c(Cl)c3Cl)nn2C)CC1. The molecule has 1 fully saturated rings. The molecule has 1 aromatic carbocycles. The number of aryl methyl sites for hydroxylation is 1. The van der Waals surface area contributed by atoms with Crippen LogP contribution in [-0.2, 0) is 23.2 Å². The van der Waals surface area contributed by atoms with Crippen LogP contribution in [0.5, 0.6) is 5.75 Å². The maximum Gasteiger partial charge on any atom is 0.245 e. The van der Waals surface area contributed by atoms with E-state index in [0.717, 1.165) is 12.1 Å². The van der Waals surface area contributed by atoms with Crippen molar-refractivity contribution in [2.24, 2.45) is 29.4 Å². The van der Waals surface area contributed by atoms with Crippen molar-refractivity contribution in [1.82, 2.24) is 20.0 Å². The number of piperidine rings is 1. The zero-order valence-electron chi connectivity index (χ0n) is 27.4. The molecule has 0 radical (unpaired) electrons. The van der Waals surface area contributed by atoms with Gasteiger partial charge >= 0.3 is 0 Å². The third kappa shape index (κ3) is 8.95. The fraction of sp³-hybridized carbons (Fsp3) is 0.455. The summed E-state index contributed by atoms with van der Waals surface area (Å²) < 4.78 is 12.8. The van der Waals surface area contributed by atoms with Gasteiger partial charge in [0.25, 0.3) is 0 Å². The Kier molecular flexibility index (Phi) is 12.3. The van der Waals surface area contributed by atoms with Crippen molar-refractivity contribution in [3.8, 4) is 5.75 Å². The lowest BCUT2D eigenvalue weighted by Gasteiger charge is -2.32. The van der Waals surface area contributed by atoms with Crippen molar-refractivity contribution in [1.29, 1.82) is 0 Å². The van der Waals surface area contributed by atoms with E-state index in [-0.39, 0.29) is 81.4 Å². The van der Waals surface area contributed by atoms with Crippen LogP contribution in [0.2, 0.25) is 10.0 Å². The number of ketones is 2. The van der Waals surface area contributed by atoms with Crippen LogP contribution in [0.1, 0.15) is 90.4 Å². The zero-order chi connectivity index (χ0) is 35.1. The van der Waals surface area contributed by atoms with E-state index in [1.54, 1.807) is 40.9 Å². The van der Waals surface area contributed by atoms with Gasteiger partial charge in [-0.05, 0) is 55.5 Å². The Balaban J connectivity index is 1.33. The van der Waals surface area contributed by atoms with Crippen molar-refractivity contribution < 1.29 is 28.3 Å². The summed E-state index contributed by atoms with van der Waals surface area (Å²) in [5, 5.41) is 7.23. The molecule has 258 valence electrons. The molecular formula is C33H41Cl2N7O6. The highest BCUT2D eigenvalue weighted by Crippen LogP contribution is 2.37. The molecule has 1 aliphatic rings. The van der Waals surface area contributed by atoms with Gasteiger partial charge in [0, 0.05) is 44.2 Å². The number of nitrogens with zero attached hydrogens (tertiary/aromatic N) is 4. The Bertz CT molecular complexity index is 1690. The van der Waals surface area contributed by atoms with Gasteiger partial charge in [0.1, 0.15) is 34.9 Å². The second kappa shape index (κ2) is 16.2. The minimum Gasteiger partial charge on any atom is -0.484 e. The van der Waals surface area contributed by atoms with Gasteiger partial charge in [-0.3, -0.25) is 23.9 Å². The van der Waals surface area contributed by atoms with Crippen LogP contribution >= 0.6 is 23.2 Å². The molecule has 0 aliphatic carbocycles. The Morgan fingerprint density at radius 3 is 2.46 bits per heavy atom. The van der Waals surface area contributed by atoms with E-state index < -0.39 is 11.8 Å². The Morgan fingerprint density at radius 1 is 1.12 bits per heavy atom. The molecule has 48 heavy (non-hydrogen) atoms. The monoisotopic (exact) mass is 701 g/mol. The first kappa shape index (κ1) is 36.5. The normalized spacial score (nSPS) is 14.7. The molecule has 13 nitrogen and oxygen atoms in total. The maximum absolute atomic E-state index is 13.5. The zero-order valence-corrected chi connectivity index (χ0v) is 28.9. The number of carbonyl (C=O) groups excluding carboxylic acids is 4. The number of guanidine groups is 1. The third-order valence-electron chi connectivity index (χ3n) is 8.43. The molecule has 2 aromatic heterocycles. The molecule has 3 heterocycles. The van der Waals surface area contributed by atoms with Crippen molar-refractivity contribution >= 4 is 52.5 Å². The minimum absolute atomic E-state index is 0.0115. The molecule has 0 bridgehead atoms. The molecule has 15 heteroatoms. The maximum atomic E-state index is 13.5. The predicted molar refractivity (Wildman–Crippen MR) is 181 cm³/mol. The van der Waals surface area contributed by atoms with E-state index in [2.05, 4.69) is 15.4 Å². The molecule has 5 N–H and O–H groups in total. The topological polar surface area (TPSA) is 188 Å². The van der Waals surface area contributed by atoms with Crippen LogP contribution in [0.4, 0.5) is 0 Å². The number of Topliss-reactive ketones (excluding diaryl/α,β-unsaturated/α-hetero) is 1. The third-order valence-corrected chi connectivity index (χ3v) is 9.29. The number of halogens is 2. The summed E-state index contributed by atoms with van der Waals surface area (Å²) in [5.41, 5.74) is 12.3. The minimum atomic E-state index is -0.752. The fourth-order valence-electron chi connectivity index (χ4n) is 5.49. The number of amides is 2. The van der Waals surface area contributed by atoms with Crippen LogP contribution in [0.15, 0.2) is 39.7 Å². The molecule has 0 saturated carbocycles. The highest BCUT2D eigenvalue weighted by Gasteiger charge is 2.29. The lowest BCUT2D eigenvalue weighted by atomic mass is 9.92. The summed E-state index contributed by atoms with van der Waals surface area (Å²) in [6, 6.07) is 7.25. The number of aromatic nitrogens is 2. The molecule has 2 amide bonds. The van der Waals surface area contributed by atoms with Crippen molar-refractivity contribution in [3.63, 3.8) is 0 Å². The second-order valence-electron chi connectivity index (χ2n) is 11.9. The largest absolute Gasteiger partial charge is 0.484 e. The molecular weight excluding hydrogens is 661 g/mol. The number of carbonyl (C=O) groups is 4. The van der Waals surface area contributed by atoms with Gasteiger partial charge in [-0.1, -0.05) is 43.5 Å². The van der Waals surface area contributed by atoms with Crippen molar-refractivity contribution in [3.05, 3.63) is 68.8 Å². The van der Waals surface area contributed by atoms with Gasteiger partial charge in [-0.15, -0.1) is 0 Å². The number of likely N-dealkylation sites (tertiary alicyclic amines) is 1. The lowest BCUT2D eigenvalue weighted by Crippen LogP contribution is -2.46. The number of hydrogen-bond donors (Lipinski definition) is 3. The number of benzene rings is 1. The van der Waals surface area contributed by atoms with E-state index in [0.29, 0.717) is 38.1 Å². The molecule has 1 unspecified atom stereocenters. The number of ether oxygens (including phenoxy) is 1. The number of hydrogen-bond acceptors (Lipinski definition) is 8. The van der Waals surface area contributed by atoms with E-state index >= 15 is 0 Å². The van der Waals surface area contributed by atoms with Gasteiger partial charge in [0.2, 0.25) is 17.6 Å². The van der Waals surface area contributed by atoms with Gasteiger partial charge < -0.3 is 30.8 Å². The molecule has 2 atom stereocenters. The van der Waals surface area contributed by atoms with Gasteiger partial charge in [0.15, 0.2) is 17.5 Å². The van der Waals surface area contributed by atoms with E-state index in [9.17, 15) is 19.2 Å². The molecule has 0 spiro atoms. The van der Waals surface area contributed by atoms with Crippen LogP contribution in [-0.4, -0.2) is 69.7 Å². The Labute approximate surface area is 288 Å². The fourth-order valence-corrected chi connectivity index (χ4v) is 5.95. The smallest absolute Gasteiger partial charge is 0.245 e. The molecule has 3 aromatic rings.